The molecule has 0 aliphatic carbocycles. The highest BCUT2D eigenvalue weighted by Gasteiger charge is 2.44. The average Bonchev–Trinajstić information content (AvgIpc) is 2.81. The van der Waals surface area contributed by atoms with Gasteiger partial charge in [0.2, 0.25) is 5.91 Å². The number of carbonyl (C=O) groups excluding carboxylic acids is 2. The molecule has 0 aliphatic heterocycles. The highest BCUT2D eigenvalue weighted by Crippen LogP contribution is 2.39. The fourth-order valence-corrected chi connectivity index (χ4v) is 4.17. The molecule has 0 heterocycles. The van der Waals surface area contributed by atoms with Crippen molar-refractivity contribution in [1.82, 2.24) is 9.80 Å². The predicted octanol–water partition coefficient (Wildman–Crippen LogP) is 5.77. The molecule has 12 heteroatoms. The Morgan fingerprint density at radius 2 is 1.72 bits per heavy atom. The van der Waals surface area contributed by atoms with Gasteiger partial charge < -0.3 is 19.5 Å². The van der Waals surface area contributed by atoms with Crippen LogP contribution in [-0.2, 0) is 21.7 Å². The minimum absolute atomic E-state index is 0.0729. The summed E-state index contributed by atoms with van der Waals surface area (Å²) in [6.07, 6.45) is -7.61. The van der Waals surface area contributed by atoms with Gasteiger partial charge in [-0.25, -0.2) is 4.79 Å². The summed E-state index contributed by atoms with van der Waals surface area (Å²) >= 11 is 12.3. The van der Waals surface area contributed by atoms with Crippen molar-refractivity contribution in [3.8, 4) is 5.75 Å². The van der Waals surface area contributed by atoms with Gasteiger partial charge in [-0.05, 0) is 41.8 Å². The van der Waals surface area contributed by atoms with Crippen molar-refractivity contribution in [2.75, 3.05) is 20.7 Å². The van der Waals surface area contributed by atoms with Crippen LogP contribution in [0.2, 0.25) is 10.0 Å². The summed E-state index contributed by atoms with van der Waals surface area (Å²) in [7, 11) is 2.62. The molecule has 1 atom stereocenters. The van der Waals surface area contributed by atoms with Crippen LogP contribution in [0.1, 0.15) is 30.4 Å². The second kappa shape index (κ2) is 12.3. The molecular weight excluding hydrogens is 524 g/mol. The quantitative estimate of drug-likeness (QED) is 0.360. The number of amides is 2. The highest BCUT2D eigenvalue weighted by atomic mass is 35.5. The lowest BCUT2D eigenvalue weighted by molar-refractivity contribution is -0.161. The number of likely N-dealkylation sites (N-methyl/N-ethyl adjacent to an activating group) is 1. The SMILES string of the molecule is COc1ccc(CN(C(=O)O)[C@](CCC=O)(CN(C)C(=O)CC(F)(F)F)c2ccc(Cl)c(Cl)c2)cc1. The molecule has 0 radical (unpaired) electrons. The Hall–Kier alpha value is -2.98. The summed E-state index contributed by atoms with van der Waals surface area (Å²) in [4.78, 5) is 38.2. The first kappa shape index (κ1) is 29.3. The first-order chi connectivity index (χ1) is 16.8. The van der Waals surface area contributed by atoms with Gasteiger partial charge in [-0.2, -0.15) is 13.2 Å². The van der Waals surface area contributed by atoms with Crippen molar-refractivity contribution >= 4 is 41.5 Å². The Morgan fingerprint density at radius 1 is 1.08 bits per heavy atom. The highest BCUT2D eigenvalue weighted by molar-refractivity contribution is 6.42. The minimum atomic E-state index is -4.75. The Bertz CT molecular complexity index is 1080. The number of alkyl halides is 3. The van der Waals surface area contributed by atoms with Crippen LogP contribution in [0.25, 0.3) is 0 Å². The van der Waals surface area contributed by atoms with E-state index in [0.717, 1.165) is 16.8 Å². The zero-order chi connectivity index (χ0) is 27.1. The molecule has 7 nitrogen and oxygen atoms in total. The van der Waals surface area contributed by atoms with Crippen LogP contribution >= 0.6 is 23.2 Å². The van der Waals surface area contributed by atoms with Gasteiger partial charge in [0.05, 0.1) is 22.7 Å². The summed E-state index contributed by atoms with van der Waals surface area (Å²) in [5, 5.41) is 10.5. The molecule has 0 aromatic heterocycles. The third-order valence-corrected chi connectivity index (χ3v) is 6.40. The molecule has 0 saturated heterocycles. The van der Waals surface area contributed by atoms with Crippen molar-refractivity contribution in [3.63, 3.8) is 0 Å². The lowest BCUT2D eigenvalue weighted by Crippen LogP contribution is -2.55. The zero-order valence-corrected chi connectivity index (χ0v) is 21.0. The first-order valence-corrected chi connectivity index (χ1v) is 11.4. The summed E-state index contributed by atoms with van der Waals surface area (Å²) in [5.41, 5.74) is -0.837. The van der Waals surface area contributed by atoms with Gasteiger partial charge in [0, 0.05) is 26.6 Å². The molecule has 36 heavy (non-hydrogen) atoms. The minimum Gasteiger partial charge on any atom is -0.497 e. The van der Waals surface area contributed by atoms with Crippen molar-refractivity contribution in [2.45, 2.75) is 37.5 Å². The number of nitrogens with zero attached hydrogens (tertiary/aromatic N) is 2. The largest absolute Gasteiger partial charge is 0.497 e. The third-order valence-electron chi connectivity index (χ3n) is 5.66. The van der Waals surface area contributed by atoms with Gasteiger partial charge in [-0.1, -0.05) is 41.4 Å². The number of hydrogen-bond donors (Lipinski definition) is 1. The number of carboxylic acid groups (broad SMARTS) is 1. The monoisotopic (exact) mass is 548 g/mol. The van der Waals surface area contributed by atoms with Crippen LogP contribution in [0.5, 0.6) is 5.75 Å². The number of ether oxygens (including phenoxy) is 1. The van der Waals surface area contributed by atoms with Gasteiger partial charge in [-0.3, -0.25) is 9.69 Å². The topological polar surface area (TPSA) is 87.2 Å². The maximum atomic E-state index is 12.9. The fourth-order valence-electron chi connectivity index (χ4n) is 3.88. The Morgan fingerprint density at radius 3 is 2.22 bits per heavy atom. The summed E-state index contributed by atoms with van der Waals surface area (Å²) in [6.45, 7) is -0.685. The van der Waals surface area contributed by atoms with Gasteiger partial charge in [0.1, 0.15) is 18.5 Å². The molecule has 2 aromatic rings. The normalized spacial score (nSPS) is 13.0. The van der Waals surface area contributed by atoms with Gasteiger partial charge in [-0.15, -0.1) is 0 Å². The number of methoxy groups -OCH3 is 1. The van der Waals surface area contributed by atoms with Gasteiger partial charge in [0.25, 0.3) is 0 Å². The van der Waals surface area contributed by atoms with Crippen molar-refractivity contribution < 1.29 is 37.4 Å². The maximum absolute atomic E-state index is 12.9. The van der Waals surface area contributed by atoms with Crippen molar-refractivity contribution in [2.24, 2.45) is 0 Å². The molecule has 2 aromatic carbocycles. The molecular formula is C24H25Cl2F3N2O5. The second-order valence-corrected chi connectivity index (χ2v) is 8.94. The number of aldehydes is 1. The number of hydrogen-bond acceptors (Lipinski definition) is 4. The Balaban J connectivity index is 2.67. The van der Waals surface area contributed by atoms with E-state index >= 15 is 0 Å². The summed E-state index contributed by atoms with van der Waals surface area (Å²) in [5.74, 6) is -0.720. The first-order valence-electron chi connectivity index (χ1n) is 10.7. The molecule has 0 saturated carbocycles. The Kier molecular flexibility index (Phi) is 10.0. The molecule has 0 aliphatic rings. The van der Waals surface area contributed by atoms with E-state index in [1.807, 2.05) is 0 Å². The van der Waals surface area contributed by atoms with E-state index < -0.39 is 36.7 Å². The lowest BCUT2D eigenvalue weighted by atomic mass is 9.82. The summed E-state index contributed by atoms with van der Waals surface area (Å²) in [6, 6.07) is 10.8. The van der Waals surface area contributed by atoms with Crippen molar-refractivity contribution in [1.29, 1.82) is 0 Å². The molecule has 1 N–H and O–H groups in total. The lowest BCUT2D eigenvalue weighted by Gasteiger charge is -2.45. The Labute approximate surface area is 216 Å². The molecule has 0 spiro atoms. The van der Waals surface area contributed by atoms with Crippen LogP contribution in [0.15, 0.2) is 42.5 Å². The zero-order valence-electron chi connectivity index (χ0n) is 19.5. The van der Waals surface area contributed by atoms with Crippen LogP contribution < -0.4 is 4.74 Å². The second-order valence-electron chi connectivity index (χ2n) is 8.12. The van der Waals surface area contributed by atoms with E-state index in [4.69, 9.17) is 27.9 Å². The van der Waals surface area contributed by atoms with Gasteiger partial charge >= 0.3 is 12.3 Å². The smallest absolute Gasteiger partial charge is 0.408 e. The molecule has 2 amide bonds. The molecule has 0 bridgehead atoms. The van der Waals surface area contributed by atoms with E-state index in [2.05, 4.69) is 0 Å². The fraction of sp³-hybridized carbons (Fsp3) is 0.375. The average molecular weight is 549 g/mol. The number of rotatable bonds is 11. The van der Waals surface area contributed by atoms with Crippen LogP contribution in [0.4, 0.5) is 18.0 Å². The van der Waals surface area contributed by atoms with Crippen LogP contribution in [-0.4, -0.2) is 60.1 Å². The predicted molar refractivity (Wildman–Crippen MR) is 128 cm³/mol. The van der Waals surface area contributed by atoms with E-state index in [-0.39, 0.29) is 35.0 Å². The van der Waals surface area contributed by atoms with E-state index in [1.54, 1.807) is 24.3 Å². The molecule has 196 valence electrons. The van der Waals surface area contributed by atoms with Crippen LogP contribution in [0, 0.1) is 0 Å². The van der Waals surface area contributed by atoms with E-state index in [1.165, 1.54) is 25.3 Å². The maximum Gasteiger partial charge on any atom is 0.408 e. The van der Waals surface area contributed by atoms with E-state index in [9.17, 15) is 32.7 Å². The third kappa shape index (κ3) is 7.51. The molecule has 0 unspecified atom stereocenters. The van der Waals surface area contributed by atoms with Crippen molar-refractivity contribution in [3.05, 3.63) is 63.6 Å². The number of halogens is 5. The van der Waals surface area contributed by atoms with Crippen LogP contribution in [0.3, 0.4) is 0 Å². The number of carbonyl (C=O) groups is 3. The summed E-state index contributed by atoms with van der Waals surface area (Å²) < 4.78 is 43.9. The standard InChI is InChI=1S/C24H25Cl2F3N2O5/c1-30(21(33)13-24(27,28)29)15-23(10-3-11-32,17-6-9-19(25)20(26)12-17)31(22(34)35)14-16-4-7-18(36-2)8-5-16/h4-9,11-12H,3,10,13-15H2,1-2H3,(H,34,35)/t23-/m1/s1. The van der Waals surface area contributed by atoms with E-state index in [0.29, 0.717) is 17.6 Å². The molecule has 0 fully saturated rings. The number of benzene rings is 2. The molecule has 2 rings (SSSR count). The van der Waals surface area contributed by atoms with Gasteiger partial charge in [0.15, 0.2) is 0 Å².